The molecule has 1 aliphatic rings. The molecule has 1 N–H and O–H groups in total. The van der Waals surface area contributed by atoms with Crippen molar-refractivity contribution in [3.63, 3.8) is 0 Å². The van der Waals surface area contributed by atoms with Crippen LogP contribution in [0.3, 0.4) is 0 Å². The molecule has 0 radical (unpaired) electrons. The molecule has 1 unspecified atom stereocenters. The van der Waals surface area contributed by atoms with Crippen molar-refractivity contribution < 1.29 is 18.0 Å². The molecule has 1 saturated heterocycles. The van der Waals surface area contributed by atoms with Crippen LogP contribution in [0, 0.1) is 0 Å². The molecule has 1 heterocycles. The van der Waals surface area contributed by atoms with Gasteiger partial charge in [-0.1, -0.05) is 17.7 Å². The summed E-state index contributed by atoms with van der Waals surface area (Å²) in [5.41, 5.74) is 0.454. The van der Waals surface area contributed by atoms with E-state index in [0.29, 0.717) is 15.0 Å². The number of amides is 2. The smallest absolute Gasteiger partial charge is 0.248 e. The van der Waals surface area contributed by atoms with Gasteiger partial charge >= 0.3 is 0 Å². The minimum absolute atomic E-state index is 0.0424. The summed E-state index contributed by atoms with van der Waals surface area (Å²) in [7, 11) is -3.75. The van der Waals surface area contributed by atoms with E-state index in [4.69, 9.17) is 11.6 Å². The first-order valence-electron chi connectivity index (χ1n) is 5.88. The Morgan fingerprint density at radius 2 is 2.15 bits per heavy atom. The van der Waals surface area contributed by atoms with Crippen molar-refractivity contribution in [2.75, 3.05) is 11.6 Å². The van der Waals surface area contributed by atoms with E-state index in [1.54, 1.807) is 24.3 Å². The lowest BCUT2D eigenvalue weighted by atomic mass is 10.2. The average molecular weight is 317 g/mol. The number of sulfonamides is 1. The van der Waals surface area contributed by atoms with Crippen LogP contribution >= 0.6 is 11.6 Å². The van der Waals surface area contributed by atoms with E-state index in [1.165, 1.54) is 0 Å². The number of nitrogens with zero attached hydrogens (tertiary/aromatic N) is 1. The molecule has 2 rings (SSSR count). The summed E-state index contributed by atoms with van der Waals surface area (Å²) in [6, 6.07) is 5.48. The number of rotatable bonds is 3. The maximum atomic E-state index is 12.1. The number of hydrogen-bond acceptors (Lipinski definition) is 4. The highest BCUT2D eigenvalue weighted by Crippen LogP contribution is 2.23. The van der Waals surface area contributed by atoms with Gasteiger partial charge in [0.15, 0.2) is 0 Å². The van der Waals surface area contributed by atoms with Gasteiger partial charge in [-0.25, -0.2) is 12.7 Å². The first-order chi connectivity index (χ1) is 9.29. The van der Waals surface area contributed by atoms with Crippen molar-refractivity contribution in [1.29, 1.82) is 0 Å². The Morgan fingerprint density at radius 3 is 2.75 bits per heavy atom. The van der Waals surface area contributed by atoms with Gasteiger partial charge in [0.1, 0.15) is 6.04 Å². The van der Waals surface area contributed by atoms with E-state index < -0.39 is 27.9 Å². The predicted molar refractivity (Wildman–Crippen MR) is 74.8 cm³/mol. The van der Waals surface area contributed by atoms with Crippen LogP contribution in [0.2, 0.25) is 5.02 Å². The molecular weight excluding hydrogens is 304 g/mol. The van der Waals surface area contributed by atoms with Gasteiger partial charge < -0.3 is 5.32 Å². The van der Waals surface area contributed by atoms with Crippen molar-refractivity contribution >= 4 is 39.1 Å². The molecule has 20 heavy (non-hydrogen) atoms. The largest absolute Gasteiger partial charge is 0.324 e. The van der Waals surface area contributed by atoms with Crippen molar-refractivity contribution in [3.05, 3.63) is 29.3 Å². The number of carbonyl (C=O) groups excluding carboxylic acids is 2. The molecule has 0 saturated carbocycles. The number of nitrogens with one attached hydrogen (secondary N) is 1. The maximum Gasteiger partial charge on any atom is 0.248 e. The summed E-state index contributed by atoms with van der Waals surface area (Å²) < 4.78 is 23.8. The van der Waals surface area contributed by atoms with E-state index in [2.05, 4.69) is 5.32 Å². The quantitative estimate of drug-likeness (QED) is 0.909. The Balaban J connectivity index is 2.19. The summed E-state index contributed by atoms with van der Waals surface area (Å²) in [5, 5.41) is 3.01. The zero-order valence-corrected chi connectivity index (χ0v) is 12.2. The van der Waals surface area contributed by atoms with Crippen molar-refractivity contribution in [2.45, 2.75) is 18.9 Å². The number of carbonyl (C=O) groups is 2. The normalized spacial score (nSPS) is 19.2. The van der Waals surface area contributed by atoms with Gasteiger partial charge in [-0.2, -0.15) is 0 Å². The van der Waals surface area contributed by atoms with Crippen LogP contribution in [0.4, 0.5) is 5.69 Å². The van der Waals surface area contributed by atoms with E-state index in [-0.39, 0.29) is 12.8 Å². The number of hydrogen-bond donors (Lipinski definition) is 1. The molecule has 0 aromatic heterocycles. The second-order valence-electron chi connectivity index (χ2n) is 4.51. The minimum atomic E-state index is -3.75. The zero-order chi connectivity index (χ0) is 14.9. The molecule has 0 aliphatic carbocycles. The Hall–Kier alpha value is -1.60. The Bertz CT molecular complexity index is 659. The summed E-state index contributed by atoms with van der Waals surface area (Å²) in [4.78, 5) is 23.7. The van der Waals surface area contributed by atoms with Crippen LogP contribution in [0.5, 0.6) is 0 Å². The van der Waals surface area contributed by atoms with Crippen LogP contribution in [0.15, 0.2) is 24.3 Å². The van der Waals surface area contributed by atoms with Crippen LogP contribution in [-0.2, 0) is 19.6 Å². The van der Waals surface area contributed by atoms with Gasteiger partial charge in [-0.3, -0.25) is 9.59 Å². The Morgan fingerprint density at radius 1 is 1.45 bits per heavy atom. The standard InChI is InChI=1S/C12H13ClN2O4S/c1-20(18,19)15-10(5-6-11(15)16)12(17)14-9-4-2-3-8(13)7-9/h2-4,7,10H,5-6H2,1H3,(H,14,17). The highest BCUT2D eigenvalue weighted by atomic mass is 35.5. The van der Waals surface area contributed by atoms with Crippen LogP contribution in [0.1, 0.15) is 12.8 Å². The second kappa shape index (κ2) is 5.41. The van der Waals surface area contributed by atoms with E-state index in [0.717, 1.165) is 6.26 Å². The van der Waals surface area contributed by atoms with Gasteiger partial charge in [-0.05, 0) is 24.6 Å². The summed E-state index contributed by atoms with van der Waals surface area (Å²) in [6.45, 7) is 0. The molecule has 6 nitrogen and oxygen atoms in total. The van der Waals surface area contributed by atoms with Gasteiger partial charge in [-0.15, -0.1) is 0 Å². The number of anilines is 1. The zero-order valence-electron chi connectivity index (χ0n) is 10.7. The lowest BCUT2D eigenvalue weighted by molar-refractivity contribution is -0.128. The van der Waals surface area contributed by atoms with Crippen LogP contribution in [-0.4, -0.2) is 36.8 Å². The maximum absolute atomic E-state index is 12.1. The number of halogens is 1. The SMILES string of the molecule is CS(=O)(=O)N1C(=O)CCC1C(=O)Nc1cccc(Cl)c1. The molecular formula is C12H13ClN2O4S. The van der Waals surface area contributed by atoms with E-state index in [1.807, 2.05) is 0 Å². The predicted octanol–water partition coefficient (Wildman–Crippen LogP) is 1.23. The van der Waals surface area contributed by atoms with Gasteiger partial charge in [0, 0.05) is 17.1 Å². The molecule has 1 aromatic carbocycles. The van der Waals surface area contributed by atoms with Gasteiger partial charge in [0.25, 0.3) is 0 Å². The molecule has 0 bridgehead atoms. The van der Waals surface area contributed by atoms with Crippen molar-refractivity contribution in [3.8, 4) is 0 Å². The fraction of sp³-hybridized carbons (Fsp3) is 0.333. The molecule has 1 fully saturated rings. The molecule has 8 heteroatoms. The molecule has 108 valence electrons. The second-order valence-corrected chi connectivity index (χ2v) is 6.80. The Kier molecular flexibility index (Phi) is 4.01. The van der Waals surface area contributed by atoms with Crippen LogP contribution < -0.4 is 5.32 Å². The Labute approximate surface area is 121 Å². The monoisotopic (exact) mass is 316 g/mol. The lowest BCUT2D eigenvalue weighted by Crippen LogP contribution is -2.44. The molecule has 1 atom stereocenters. The third-order valence-electron chi connectivity index (χ3n) is 2.91. The third-order valence-corrected chi connectivity index (χ3v) is 4.32. The average Bonchev–Trinajstić information content (AvgIpc) is 2.71. The fourth-order valence-corrected chi connectivity index (χ4v) is 3.42. The highest BCUT2D eigenvalue weighted by molar-refractivity contribution is 7.89. The van der Waals surface area contributed by atoms with E-state index >= 15 is 0 Å². The van der Waals surface area contributed by atoms with Crippen molar-refractivity contribution in [2.24, 2.45) is 0 Å². The first kappa shape index (κ1) is 14.8. The van der Waals surface area contributed by atoms with Crippen molar-refractivity contribution in [1.82, 2.24) is 4.31 Å². The highest BCUT2D eigenvalue weighted by Gasteiger charge is 2.41. The molecule has 0 spiro atoms. The summed E-state index contributed by atoms with van der Waals surface area (Å²) in [5.74, 6) is -1.10. The summed E-state index contributed by atoms with van der Waals surface area (Å²) in [6.07, 6.45) is 1.13. The topological polar surface area (TPSA) is 83.6 Å². The molecule has 1 aliphatic heterocycles. The minimum Gasteiger partial charge on any atom is -0.324 e. The lowest BCUT2D eigenvalue weighted by Gasteiger charge is -2.21. The summed E-state index contributed by atoms with van der Waals surface area (Å²) >= 11 is 5.80. The van der Waals surface area contributed by atoms with E-state index in [9.17, 15) is 18.0 Å². The fourth-order valence-electron chi connectivity index (χ4n) is 2.11. The third kappa shape index (κ3) is 3.10. The molecule has 1 aromatic rings. The van der Waals surface area contributed by atoms with Gasteiger partial charge in [0.05, 0.1) is 6.26 Å². The number of benzene rings is 1. The van der Waals surface area contributed by atoms with Crippen LogP contribution in [0.25, 0.3) is 0 Å². The molecule has 2 amide bonds. The first-order valence-corrected chi connectivity index (χ1v) is 8.10. The van der Waals surface area contributed by atoms with Gasteiger partial charge in [0.2, 0.25) is 21.8 Å².